The van der Waals surface area contributed by atoms with Crippen molar-refractivity contribution in [1.82, 2.24) is 20.4 Å². The van der Waals surface area contributed by atoms with E-state index in [0.717, 1.165) is 12.8 Å². The molecule has 1 aromatic rings. The summed E-state index contributed by atoms with van der Waals surface area (Å²) in [4.78, 5) is 22.6. The Balaban J connectivity index is 1.76. The van der Waals surface area contributed by atoms with Crippen LogP contribution in [0, 0.1) is 5.92 Å². The molecule has 20 heavy (non-hydrogen) atoms. The minimum atomic E-state index is -0.883. The van der Waals surface area contributed by atoms with Crippen molar-refractivity contribution >= 4 is 12.0 Å². The third-order valence-electron chi connectivity index (χ3n) is 3.30. The summed E-state index contributed by atoms with van der Waals surface area (Å²) in [5, 5.41) is 18.5. The van der Waals surface area contributed by atoms with Gasteiger partial charge in [0.05, 0.1) is 13.0 Å². The fourth-order valence-electron chi connectivity index (χ4n) is 2.19. The van der Waals surface area contributed by atoms with Crippen LogP contribution < -0.4 is 10.6 Å². The van der Waals surface area contributed by atoms with E-state index in [-0.39, 0.29) is 24.5 Å². The van der Waals surface area contributed by atoms with E-state index in [9.17, 15) is 9.59 Å². The van der Waals surface area contributed by atoms with E-state index in [2.05, 4.69) is 15.7 Å². The Morgan fingerprint density at radius 2 is 2.20 bits per heavy atom. The molecule has 110 valence electrons. The highest BCUT2D eigenvalue weighted by molar-refractivity contribution is 5.76. The lowest BCUT2D eigenvalue weighted by molar-refractivity contribution is -0.137. The van der Waals surface area contributed by atoms with Gasteiger partial charge in [-0.2, -0.15) is 5.10 Å². The van der Waals surface area contributed by atoms with Crippen molar-refractivity contribution in [1.29, 1.82) is 0 Å². The van der Waals surface area contributed by atoms with Gasteiger partial charge in [-0.25, -0.2) is 4.79 Å². The number of carbonyl (C=O) groups excluding carboxylic acids is 1. The largest absolute Gasteiger partial charge is 0.481 e. The lowest BCUT2D eigenvalue weighted by atomic mass is 10.1. The van der Waals surface area contributed by atoms with Crippen LogP contribution in [0.5, 0.6) is 0 Å². The van der Waals surface area contributed by atoms with E-state index in [4.69, 9.17) is 5.11 Å². The number of carbonyl (C=O) groups is 2. The average Bonchev–Trinajstić information content (AvgIpc) is 3.07. The molecule has 1 aliphatic rings. The summed E-state index contributed by atoms with van der Waals surface area (Å²) < 4.78 is 1.74. The van der Waals surface area contributed by atoms with E-state index in [1.165, 1.54) is 0 Å². The van der Waals surface area contributed by atoms with Crippen LogP contribution in [-0.2, 0) is 11.3 Å². The van der Waals surface area contributed by atoms with Gasteiger partial charge in [0.15, 0.2) is 0 Å². The molecular formula is C13H20N4O3. The summed E-state index contributed by atoms with van der Waals surface area (Å²) in [5.41, 5.74) is 0. The van der Waals surface area contributed by atoms with E-state index in [1.807, 2.05) is 19.2 Å². The molecule has 7 nitrogen and oxygen atoms in total. The topological polar surface area (TPSA) is 96.3 Å². The predicted molar refractivity (Wildman–Crippen MR) is 72.1 cm³/mol. The number of aliphatic carboxylic acids is 1. The molecule has 3 N–H and O–H groups in total. The minimum Gasteiger partial charge on any atom is -0.481 e. The van der Waals surface area contributed by atoms with Crippen LogP contribution in [0.15, 0.2) is 18.5 Å². The van der Waals surface area contributed by atoms with Crippen molar-refractivity contribution < 1.29 is 14.7 Å². The zero-order valence-corrected chi connectivity index (χ0v) is 11.5. The molecule has 1 aliphatic carbocycles. The fourth-order valence-corrected chi connectivity index (χ4v) is 2.19. The highest BCUT2D eigenvalue weighted by Crippen LogP contribution is 2.33. The van der Waals surface area contributed by atoms with Crippen LogP contribution in [0.25, 0.3) is 0 Å². The Hall–Kier alpha value is -2.05. The van der Waals surface area contributed by atoms with Crippen molar-refractivity contribution in [3.05, 3.63) is 18.5 Å². The van der Waals surface area contributed by atoms with E-state index in [0.29, 0.717) is 12.5 Å². The smallest absolute Gasteiger partial charge is 0.315 e. The number of carboxylic acid groups (broad SMARTS) is 1. The number of carboxylic acids is 1. The molecular weight excluding hydrogens is 260 g/mol. The normalized spacial score (nSPS) is 17.2. The first-order valence-corrected chi connectivity index (χ1v) is 6.81. The summed E-state index contributed by atoms with van der Waals surface area (Å²) in [6.07, 6.45) is 5.46. The Morgan fingerprint density at radius 1 is 1.45 bits per heavy atom. The monoisotopic (exact) mass is 280 g/mol. The van der Waals surface area contributed by atoms with Crippen LogP contribution >= 0.6 is 0 Å². The number of hydrogen-bond acceptors (Lipinski definition) is 3. The zero-order chi connectivity index (χ0) is 14.5. The Labute approximate surface area is 117 Å². The first kappa shape index (κ1) is 14.4. The third-order valence-corrected chi connectivity index (χ3v) is 3.30. The number of amides is 2. The fraction of sp³-hybridized carbons (Fsp3) is 0.615. The van der Waals surface area contributed by atoms with Gasteiger partial charge >= 0.3 is 12.0 Å². The number of hydrogen-bond donors (Lipinski definition) is 3. The van der Waals surface area contributed by atoms with Gasteiger partial charge in [-0.3, -0.25) is 9.48 Å². The van der Waals surface area contributed by atoms with Crippen LogP contribution in [-0.4, -0.2) is 39.0 Å². The summed E-state index contributed by atoms with van der Waals surface area (Å²) in [7, 11) is 0. The minimum absolute atomic E-state index is 0.0222. The van der Waals surface area contributed by atoms with Gasteiger partial charge in [-0.05, 0) is 31.7 Å². The maximum absolute atomic E-state index is 11.9. The highest BCUT2D eigenvalue weighted by Gasteiger charge is 2.33. The maximum Gasteiger partial charge on any atom is 0.315 e. The molecule has 2 unspecified atom stereocenters. The number of aromatic nitrogens is 2. The second-order valence-electron chi connectivity index (χ2n) is 5.29. The van der Waals surface area contributed by atoms with Crippen molar-refractivity contribution in [2.24, 2.45) is 5.92 Å². The van der Waals surface area contributed by atoms with Gasteiger partial charge in [-0.15, -0.1) is 0 Å². The highest BCUT2D eigenvalue weighted by atomic mass is 16.4. The van der Waals surface area contributed by atoms with E-state index >= 15 is 0 Å². The summed E-state index contributed by atoms with van der Waals surface area (Å²) in [6.45, 7) is 2.46. The van der Waals surface area contributed by atoms with Crippen LogP contribution in [0.1, 0.15) is 26.2 Å². The molecule has 0 radical (unpaired) electrons. The predicted octanol–water partition coefficient (Wildman–Crippen LogP) is 0.824. The number of urea groups is 1. The van der Waals surface area contributed by atoms with Crippen molar-refractivity contribution in [2.45, 2.75) is 44.8 Å². The molecule has 2 amide bonds. The van der Waals surface area contributed by atoms with Gasteiger partial charge in [0.1, 0.15) is 0 Å². The number of nitrogens with one attached hydrogen (secondary N) is 2. The lowest BCUT2D eigenvalue weighted by Gasteiger charge is -2.19. The first-order valence-electron chi connectivity index (χ1n) is 6.81. The van der Waals surface area contributed by atoms with Gasteiger partial charge in [0, 0.05) is 24.5 Å². The van der Waals surface area contributed by atoms with Crippen LogP contribution in [0.3, 0.4) is 0 Å². The SMILES string of the molecule is CC(Cn1cccn1)NC(=O)NC(CC(=O)O)C1CC1. The first-order chi connectivity index (χ1) is 9.54. The number of nitrogens with zero attached hydrogens (tertiary/aromatic N) is 2. The second-order valence-corrected chi connectivity index (χ2v) is 5.29. The Bertz CT molecular complexity index is 456. The Kier molecular flexibility index (Phi) is 4.60. The summed E-state index contributed by atoms with van der Waals surface area (Å²) >= 11 is 0. The maximum atomic E-state index is 11.9. The molecule has 0 bridgehead atoms. The quantitative estimate of drug-likeness (QED) is 0.689. The molecule has 0 saturated heterocycles. The van der Waals surface area contributed by atoms with Crippen LogP contribution in [0.2, 0.25) is 0 Å². The number of rotatable bonds is 7. The molecule has 0 aliphatic heterocycles. The van der Waals surface area contributed by atoms with Gasteiger partial charge in [0.2, 0.25) is 0 Å². The van der Waals surface area contributed by atoms with Gasteiger partial charge in [-0.1, -0.05) is 0 Å². The van der Waals surface area contributed by atoms with Crippen molar-refractivity contribution in [3.63, 3.8) is 0 Å². The molecule has 7 heteroatoms. The molecule has 1 saturated carbocycles. The van der Waals surface area contributed by atoms with Gasteiger partial charge < -0.3 is 15.7 Å². The third kappa shape index (κ3) is 4.56. The molecule has 2 atom stereocenters. The molecule has 1 heterocycles. The molecule has 0 aromatic carbocycles. The molecule has 0 spiro atoms. The van der Waals surface area contributed by atoms with Crippen molar-refractivity contribution in [2.75, 3.05) is 0 Å². The van der Waals surface area contributed by atoms with E-state index in [1.54, 1.807) is 10.9 Å². The summed E-state index contributed by atoms with van der Waals surface area (Å²) in [6, 6.07) is 1.15. The molecule has 2 rings (SSSR count). The van der Waals surface area contributed by atoms with Gasteiger partial charge in [0.25, 0.3) is 0 Å². The Morgan fingerprint density at radius 3 is 2.75 bits per heavy atom. The molecule has 1 fully saturated rings. The summed E-state index contributed by atoms with van der Waals surface area (Å²) in [5.74, 6) is -0.579. The standard InChI is InChI=1S/C13H20N4O3/c1-9(8-17-6-2-5-14-17)15-13(20)16-11(7-12(18)19)10-3-4-10/h2,5-6,9-11H,3-4,7-8H2,1H3,(H,18,19)(H2,15,16,20). The van der Waals surface area contributed by atoms with E-state index < -0.39 is 5.97 Å². The molecule has 1 aromatic heterocycles. The zero-order valence-electron chi connectivity index (χ0n) is 11.5. The van der Waals surface area contributed by atoms with Crippen molar-refractivity contribution in [3.8, 4) is 0 Å². The lowest BCUT2D eigenvalue weighted by Crippen LogP contribution is -2.47. The average molecular weight is 280 g/mol. The van der Waals surface area contributed by atoms with Crippen LogP contribution in [0.4, 0.5) is 4.79 Å². The second kappa shape index (κ2) is 6.40.